The van der Waals surface area contributed by atoms with Gasteiger partial charge in [0, 0.05) is 21.6 Å². The summed E-state index contributed by atoms with van der Waals surface area (Å²) >= 11 is 9.47. The van der Waals surface area contributed by atoms with E-state index in [2.05, 4.69) is 50.4 Å². The molecule has 0 aliphatic heterocycles. The van der Waals surface area contributed by atoms with Crippen LogP contribution in [0.25, 0.3) is 0 Å². The number of nitrogens with zero attached hydrogens (tertiary/aromatic N) is 2. The first kappa shape index (κ1) is 16.0. The lowest BCUT2D eigenvalue weighted by Crippen LogP contribution is -2.08. The molecule has 0 aliphatic carbocycles. The lowest BCUT2D eigenvalue weighted by atomic mass is 10.2. The Morgan fingerprint density at radius 1 is 1.19 bits per heavy atom. The van der Waals surface area contributed by atoms with Crippen LogP contribution in [0, 0.1) is 0 Å². The lowest BCUT2D eigenvalue weighted by Gasteiger charge is -2.15. The Hall–Kier alpha value is -1.33. The van der Waals surface area contributed by atoms with Gasteiger partial charge in [0.1, 0.15) is 18.0 Å². The largest absolute Gasteiger partial charge is 0.370 e. The molecule has 0 unspecified atom stereocenters. The number of anilines is 3. The monoisotopic (exact) mass is 368 g/mol. The number of halogens is 2. The van der Waals surface area contributed by atoms with Crippen LogP contribution in [-0.4, -0.2) is 16.5 Å². The highest BCUT2D eigenvalue weighted by atomic mass is 79.9. The molecule has 0 atom stereocenters. The zero-order chi connectivity index (χ0) is 15.2. The number of hydrogen-bond donors (Lipinski definition) is 2. The zero-order valence-corrected chi connectivity index (χ0v) is 14.4. The van der Waals surface area contributed by atoms with Gasteiger partial charge in [0.2, 0.25) is 0 Å². The summed E-state index contributed by atoms with van der Waals surface area (Å²) in [6, 6.07) is 5.62. The molecule has 0 fully saturated rings. The predicted octanol–water partition coefficient (Wildman–Crippen LogP) is 5.02. The lowest BCUT2D eigenvalue weighted by molar-refractivity contribution is 0.949. The molecule has 2 aromatic rings. The predicted molar refractivity (Wildman–Crippen MR) is 92.6 cm³/mol. The molecule has 21 heavy (non-hydrogen) atoms. The number of benzene rings is 1. The quantitative estimate of drug-likeness (QED) is 0.750. The molecular weight excluding hydrogens is 352 g/mol. The minimum atomic E-state index is 0.691. The molecule has 2 rings (SSSR count). The Morgan fingerprint density at radius 2 is 1.95 bits per heavy atom. The molecule has 0 saturated heterocycles. The molecule has 4 nitrogen and oxygen atoms in total. The van der Waals surface area contributed by atoms with E-state index < -0.39 is 0 Å². The molecule has 0 bridgehead atoms. The minimum Gasteiger partial charge on any atom is -0.370 e. The van der Waals surface area contributed by atoms with Crippen LogP contribution in [0.5, 0.6) is 0 Å². The van der Waals surface area contributed by atoms with Crippen molar-refractivity contribution in [2.45, 2.75) is 26.7 Å². The van der Waals surface area contributed by atoms with Crippen LogP contribution in [0.15, 0.2) is 29.0 Å². The van der Waals surface area contributed by atoms with Crippen LogP contribution in [0.3, 0.4) is 0 Å². The summed E-state index contributed by atoms with van der Waals surface area (Å²) in [5.41, 5.74) is 2.00. The first-order chi connectivity index (χ1) is 10.2. The Kier molecular flexibility index (Phi) is 5.82. The molecule has 0 amide bonds. The Morgan fingerprint density at radius 3 is 2.62 bits per heavy atom. The number of aromatic nitrogens is 2. The highest BCUT2D eigenvalue weighted by Crippen LogP contribution is 2.30. The molecule has 2 N–H and O–H groups in total. The summed E-state index contributed by atoms with van der Waals surface area (Å²) in [6.07, 6.45) is 3.47. The third-order valence-corrected chi connectivity index (χ3v) is 3.92. The normalized spacial score (nSPS) is 10.5. The first-order valence-corrected chi connectivity index (χ1v) is 8.12. The van der Waals surface area contributed by atoms with E-state index in [1.54, 1.807) is 6.33 Å². The van der Waals surface area contributed by atoms with E-state index in [0.29, 0.717) is 5.02 Å². The maximum atomic E-state index is 5.97. The van der Waals surface area contributed by atoms with E-state index >= 15 is 0 Å². The van der Waals surface area contributed by atoms with E-state index in [9.17, 15) is 0 Å². The SMILES string of the molecule is CCCNc1ncnc(Nc2ccc(Cl)cc2Br)c1CC. The Balaban J connectivity index is 2.30. The van der Waals surface area contributed by atoms with Gasteiger partial charge in [0.05, 0.1) is 5.69 Å². The van der Waals surface area contributed by atoms with Gasteiger partial charge in [-0.2, -0.15) is 0 Å². The van der Waals surface area contributed by atoms with Crippen molar-refractivity contribution in [3.63, 3.8) is 0 Å². The highest BCUT2D eigenvalue weighted by molar-refractivity contribution is 9.10. The zero-order valence-electron chi connectivity index (χ0n) is 12.1. The van der Waals surface area contributed by atoms with Gasteiger partial charge < -0.3 is 10.6 Å². The molecule has 0 saturated carbocycles. The van der Waals surface area contributed by atoms with Crippen molar-refractivity contribution in [2.24, 2.45) is 0 Å². The standard InChI is InChI=1S/C15H18BrClN4/c1-3-7-18-14-11(4-2)15(20-9-19-14)21-13-6-5-10(17)8-12(13)16/h5-6,8-9H,3-4,7H2,1-2H3,(H2,18,19,20,21). The van der Waals surface area contributed by atoms with Gasteiger partial charge in [-0.05, 0) is 47.0 Å². The third kappa shape index (κ3) is 4.08. The molecule has 0 spiro atoms. The van der Waals surface area contributed by atoms with Gasteiger partial charge in [0.15, 0.2) is 0 Å². The second kappa shape index (κ2) is 7.61. The fourth-order valence-corrected chi connectivity index (χ4v) is 2.75. The molecule has 0 radical (unpaired) electrons. The molecule has 1 heterocycles. The van der Waals surface area contributed by atoms with Gasteiger partial charge in [-0.1, -0.05) is 25.4 Å². The fourth-order valence-electron chi connectivity index (χ4n) is 1.97. The average Bonchev–Trinajstić information content (AvgIpc) is 2.48. The Labute approximate surface area is 138 Å². The summed E-state index contributed by atoms with van der Waals surface area (Å²) in [5, 5.41) is 7.37. The second-order valence-corrected chi connectivity index (χ2v) is 5.87. The fraction of sp³-hybridized carbons (Fsp3) is 0.333. The van der Waals surface area contributed by atoms with Gasteiger partial charge in [-0.3, -0.25) is 0 Å². The second-order valence-electron chi connectivity index (χ2n) is 4.58. The van der Waals surface area contributed by atoms with E-state index in [1.807, 2.05) is 18.2 Å². The van der Waals surface area contributed by atoms with Crippen molar-refractivity contribution in [3.8, 4) is 0 Å². The van der Waals surface area contributed by atoms with Crippen LogP contribution in [-0.2, 0) is 6.42 Å². The smallest absolute Gasteiger partial charge is 0.139 e. The maximum Gasteiger partial charge on any atom is 0.139 e. The van der Waals surface area contributed by atoms with Crippen molar-refractivity contribution in [1.82, 2.24) is 9.97 Å². The average molecular weight is 370 g/mol. The Bertz CT molecular complexity index is 619. The summed E-state index contributed by atoms with van der Waals surface area (Å²) in [7, 11) is 0. The van der Waals surface area contributed by atoms with Gasteiger partial charge in [-0.15, -0.1) is 0 Å². The van der Waals surface area contributed by atoms with Crippen LogP contribution >= 0.6 is 27.5 Å². The topological polar surface area (TPSA) is 49.8 Å². The van der Waals surface area contributed by atoms with Gasteiger partial charge in [0.25, 0.3) is 0 Å². The summed E-state index contributed by atoms with van der Waals surface area (Å²) < 4.78 is 0.902. The van der Waals surface area contributed by atoms with E-state index in [-0.39, 0.29) is 0 Å². The summed E-state index contributed by atoms with van der Waals surface area (Å²) in [6.45, 7) is 5.12. The summed E-state index contributed by atoms with van der Waals surface area (Å²) in [5.74, 6) is 1.70. The van der Waals surface area contributed by atoms with Crippen molar-refractivity contribution in [2.75, 3.05) is 17.2 Å². The van der Waals surface area contributed by atoms with Gasteiger partial charge >= 0.3 is 0 Å². The molecular formula is C15H18BrClN4. The molecule has 1 aromatic heterocycles. The number of rotatable bonds is 6. The van der Waals surface area contributed by atoms with Crippen molar-refractivity contribution in [1.29, 1.82) is 0 Å². The van der Waals surface area contributed by atoms with Crippen LogP contribution in [0.1, 0.15) is 25.8 Å². The maximum absolute atomic E-state index is 5.97. The molecule has 6 heteroatoms. The third-order valence-electron chi connectivity index (χ3n) is 3.03. The van der Waals surface area contributed by atoms with Gasteiger partial charge in [-0.25, -0.2) is 9.97 Å². The van der Waals surface area contributed by atoms with E-state index in [1.165, 1.54) is 0 Å². The van der Waals surface area contributed by atoms with E-state index in [0.717, 1.165) is 46.7 Å². The minimum absolute atomic E-state index is 0.691. The number of nitrogens with one attached hydrogen (secondary N) is 2. The van der Waals surface area contributed by atoms with Crippen molar-refractivity contribution >= 4 is 44.9 Å². The van der Waals surface area contributed by atoms with Crippen LogP contribution in [0.4, 0.5) is 17.3 Å². The van der Waals surface area contributed by atoms with Crippen LogP contribution < -0.4 is 10.6 Å². The molecule has 112 valence electrons. The highest BCUT2D eigenvalue weighted by Gasteiger charge is 2.11. The molecule has 0 aliphatic rings. The first-order valence-electron chi connectivity index (χ1n) is 6.95. The van der Waals surface area contributed by atoms with Crippen molar-refractivity contribution in [3.05, 3.63) is 39.6 Å². The molecule has 1 aromatic carbocycles. The van der Waals surface area contributed by atoms with Crippen molar-refractivity contribution < 1.29 is 0 Å². The van der Waals surface area contributed by atoms with E-state index in [4.69, 9.17) is 11.6 Å². The summed E-state index contributed by atoms with van der Waals surface area (Å²) in [4.78, 5) is 8.69. The number of hydrogen-bond acceptors (Lipinski definition) is 4. The van der Waals surface area contributed by atoms with Crippen LogP contribution in [0.2, 0.25) is 5.02 Å².